The topological polar surface area (TPSA) is 104 Å². The minimum atomic E-state index is -1.01. The van der Waals surface area contributed by atoms with Crippen LogP contribution in [-0.4, -0.2) is 44.0 Å². The maximum Gasteiger partial charge on any atom is 0.338 e. The van der Waals surface area contributed by atoms with Gasteiger partial charge in [0.15, 0.2) is 0 Å². The molecule has 4 rings (SSSR count). The maximum atomic E-state index is 12.7. The van der Waals surface area contributed by atoms with Crippen molar-refractivity contribution in [2.75, 3.05) is 0 Å². The number of nitrogens with zero attached hydrogens (tertiary/aromatic N) is 2. The minimum absolute atomic E-state index is 0.121. The number of aliphatic hydroxyl groups is 1. The molecule has 1 aromatic heterocycles. The number of aliphatic hydroxyl groups excluding tert-OH is 1. The van der Waals surface area contributed by atoms with Crippen LogP contribution in [0.25, 0.3) is 6.08 Å². The summed E-state index contributed by atoms with van der Waals surface area (Å²) in [4.78, 5) is 23.6. The third-order valence-electron chi connectivity index (χ3n) is 5.55. The number of carboxylic acids is 1. The van der Waals surface area contributed by atoms with Crippen LogP contribution in [0.4, 0.5) is 0 Å². The summed E-state index contributed by atoms with van der Waals surface area (Å²) in [6.07, 6.45) is 9.49. The van der Waals surface area contributed by atoms with E-state index in [0.29, 0.717) is 24.9 Å². The number of aryl methyl sites for hydroxylation is 1. The van der Waals surface area contributed by atoms with Crippen molar-refractivity contribution in [3.63, 3.8) is 0 Å². The highest BCUT2D eigenvalue weighted by atomic mass is 16.4. The van der Waals surface area contributed by atoms with E-state index in [1.165, 1.54) is 18.0 Å². The average Bonchev–Trinajstić information content (AvgIpc) is 3.28. The van der Waals surface area contributed by atoms with E-state index in [-0.39, 0.29) is 23.4 Å². The number of aromatic carboxylic acids is 1. The van der Waals surface area contributed by atoms with E-state index in [0.717, 1.165) is 18.4 Å². The van der Waals surface area contributed by atoms with Crippen LogP contribution < -0.4 is 5.32 Å². The number of carboxylic acid groups (broad SMARTS) is 1. The number of amides is 1. The SMILES string of the molecule is O=C(O)c1cnn(CC2C[C@@H](O)[C@H](NC(=O)c3ccc4c(c3)CCC=C4)C2)c1. The van der Waals surface area contributed by atoms with Gasteiger partial charge in [0.1, 0.15) is 0 Å². The van der Waals surface area contributed by atoms with Gasteiger partial charge in [-0.25, -0.2) is 4.79 Å². The highest BCUT2D eigenvalue weighted by molar-refractivity contribution is 5.95. The van der Waals surface area contributed by atoms with Crippen molar-refractivity contribution in [2.24, 2.45) is 5.92 Å². The molecule has 1 amide bonds. The lowest BCUT2D eigenvalue weighted by Crippen LogP contribution is -2.40. The molecule has 7 nitrogen and oxygen atoms in total. The Balaban J connectivity index is 1.37. The first-order chi connectivity index (χ1) is 13.5. The van der Waals surface area contributed by atoms with Gasteiger partial charge in [0.2, 0.25) is 0 Å². The summed E-state index contributed by atoms with van der Waals surface area (Å²) in [5.41, 5.74) is 3.09. The summed E-state index contributed by atoms with van der Waals surface area (Å²) < 4.78 is 1.59. The molecule has 146 valence electrons. The predicted octanol–water partition coefficient (Wildman–Crippen LogP) is 2.11. The lowest BCUT2D eigenvalue weighted by Gasteiger charge is -2.18. The molecule has 7 heteroatoms. The van der Waals surface area contributed by atoms with E-state index in [1.807, 2.05) is 18.2 Å². The summed E-state index contributed by atoms with van der Waals surface area (Å²) in [5, 5.41) is 26.4. The van der Waals surface area contributed by atoms with Gasteiger partial charge >= 0.3 is 5.97 Å². The number of aromatic nitrogens is 2. The van der Waals surface area contributed by atoms with E-state index < -0.39 is 12.1 Å². The normalized spacial score (nSPS) is 23.4. The van der Waals surface area contributed by atoms with Gasteiger partial charge in [-0.15, -0.1) is 0 Å². The van der Waals surface area contributed by atoms with Crippen molar-refractivity contribution in [3.8, 4) is 0 Å². The monoisotopic (exact) mass is 381 g/mol. The molecule has 0 aliphatic heterocycles. The van der Waals surface area contributed by atoms with Crippen molar-refractivity contribution < 1.29 is 19.8 Å². The summed E-state index contributed by atoms with van der Waals surface area (Å²) in [6, 6.07) is 5.40. The first kappa shape index (κ1) is 18.4. The molecule has 28 heavy (non-hydrogen) atoms. The highest BCUT2D eigenvalue weighted by Gasteiger charge is 2.34. The highest BCUT2D eigenvalue weighted by Crippen LogP contribution is 2.28. The van der Waals surface area contributed by atoms with Gasteiger partial charge in [-0.2, -0.15) is 5.10 Å². The third kappa shape index (κ3) is 3.84. The van der Waals surface area contributed by atoms with Crippen LogP contribution >= 0.6 is 0 Å². The molecule has 1 heterocycles. The molecule has 3 atom stereocenters. The Kier molecular flexibility index (Phi) is 5.00. The minimum Gasteiger partial charge on any atom is -0.478 e. The molecule has 0 radical (unpaired) electrons. The molecule has 1 saturated carbocycles. The van der Waals surface area contributed by atoms with Crippen LogP contribution in [0.15, 0.2) is 36.7 Å². The predicted molar refractivity (Wildman–Crippen MR) is 103 cm³/mol. The summed E-state index contributed by atoms with van der Waals surface area (Å²) in [6.45, 7) is 0.516. The van der Waals surface area contributed by atoms with Crippen LogP contribution in [0, 0.1) is 5.92 Å². The zero-order valence-corrected chi connectivity index (χ0v) is 15.4. The van der Waals surface area contributed by atoms with E-state index in [9.17, 15) is 14.7 Å². The van der Waals surface area contributed by atoms with Crippen LogP contribution in [0.3, 0.4) is 0 Å². The molecular formula is C21H23N3O4. The van der Waals surface area contributed by atoms with Crippen molar-refractivity contribution in [1.82, 2.24) is 15.1 Å². The fraction of sp³-hybridized carbons (Fsp3) is 0.381. The zero-order valence-electron chi connectivity index (χ0n) is 15.4. The number of carbonyl (C=O) groups is 2. The Morgan fingerprint density at radius 1 is 1.25 bits per heavy atom. The van der Waals surface area contributed by atoms with Gasteiger partial charge < -0.3 is 15.5 Å². The molecule has 0 spiro atoms. The van der Waals surface area contributed by atoms with Gasteiger partial charge in [0.05, 0.1) is 23.9 Å². The van der Waals surface area contributed by atoms with Crippen LogP contribution in [0.5, 0.6) is 0 Å². The van der Waals surface area contributed by atoms with E-state index in [2.05, 4.69) is 22.6 Å². The number of hydrogen-bond acceptors (Lipinski definition) is 4. The fourth-order valence-corrected chi connectivity index (χ4v) is 4.09. The first-order valence-electron chi connectivity index (χ1n) is 9.54. The lowest BCUT2D eigenvalue weighted by molar-refractivity contribution is 0.0696. The zero-order chi connectivity index (χ0) is 19.7. The molecule has 1 fully saturated rings. The van der Waals surface area contributed by atoms with Crippen molar-refractivity contribution in [1.29, 1.82) is 0 Å². The molecular weight excluding hydrogens is 358 g/mol. The third-order valence-corrected chi connectivity index (χ3v) is 5.55. The molecule has 1 unspecified atom stereocenters. The molecule has 2 aliphatic carbocycles. The number of benzene rings is 1. The largest absolute Gasteiger partial charge is 0.478 e. The number of rotatable bonds is 5. The Morgan fingerprint density at radius 3 is 2.89 bits per heavy atom. The number of hydrogen-bond donors (Lipinski definition) is 3. The first-order valence-corrected chi connectivity index (χ1v) is 9.54. The van der Waals surface area contributed by atoms with Crippen LogP contribution in [0.1, 0.15) is 51.1 Å². The van der Waals surface area contributed by atoms with Crippen molar-refractivity contribution >= 4 is 18.0 Å². The maximum absolute atomic E-state index is 12.7. The standard InChI is InChI=1S/C21H23N3O4/c25-19-8-13(11-24-12-17(10-22-24)21(27)28)7-18(19)23-20(26)16-6-5-14-3-1-2-4-15(14)9-16/h1,3,5-6,9-10,12-13,18-19,25H,2,4,7-8,11H2,(H,23,26)(H,27,28)/t13?,18-,19-/m1/s1. The van der Waals surface area contributed by atoms with E-state index >= 15 is 0 Å². The van der Waals surface area contributed by atoms with E-state index in [4.69, 9.17) is 5.11 Å². The van der Waals surface area contributed by atoms with Crippen molar-refractivity contribution in [3.05, 3.63) is 58.9 Å². The Labute approximate surface area is 162 Å². The number of nitrogens with one attached hydrogen (secondary N) is 1. The quantitative estimate of drug-likeness (QED) is 0.736. The van der Waals surface area contributed by atoms with Gasteiger partial charge in [-0.05, 0) is 54.9 Å². The molecule has 3 N–H and O–H groups in total. The molecule has 2 aromatic rings. The van der Waals surface area contributed by atoms with Gasteiger partial charge in [-0.1, -0.05) is 18.2 Å². The number of fused-ring (bicyclic) bond motifs is 1. The lowest BCUT2D eigenvalue weighted by atomic mass is 9.95. The smallest absolute Gasteiger partial charge is 0.338 e. The number of allylic oxidation sites excluding steroid dienone is 1. The molecule has 0 saturated heterocycles. The molecule has 2 aliphatic rings. The van der Waals surface area contributed by atoms with Gasteiger partial charge in [0.25, 0.3) is 5.91 Å². The average molecular weight is 381 g/mol. The van der Waals surface area contributed by atoms with Crippen LogP contribution in [-0.2, 0) is 13.0 Å². The summed E-state index contributed by atoms with van der Waals surface area (Å²) >= 11 is 0. The Hall–Kier alpha value is -2.93. The fourth-order valence-electron chi connectivity index (χ4n) is 4.09. The summed E-state index contributed by atoms with van der Waals surface area (Å²) in [7, 11) is 0. The van der Waals surface area contributed by atoms with Crippen LogP contribution in [0.2, 0.25) is 0 Å². The Bertz CT molecular complexity index is 933. The molecule has 0 bridgehead atoms. The van der Waals surface area contributed by atoms with Gasteiger partial charge in [-0.3, -0.25) is 9.48 Å². The second-order valence-electron chi connectivity index (χ2n) is 7.60. The molecule has 1 aromatic carbocycles. The van der Waals surface area contributed by atoms with Gasteiger partial charge in [0, 0.05) is 18.3 Å². The van der Waals surface area contributed by atoms with Crippen molar-refractivity contribution in [2.45, 2.75) is 44.4 Å². The second kappa shape index (κ2) is 7.59. The second-order valence-corrected chi connectivity index (χ2v) is 7.60. The summed E-state index contributed by atoms with van der Waals surface area (Å²) in [5.74, 6) is -1.06. The van der Waals surface area contributed by atoms with E-state index in [1.54, 1.807) is 4.68 Å². The number of carbonyl (C=O) groups excluding carboxylic acids is 1. The Morgan fingerprint density at radius 2 is 2.11 bits per heavy atom.